The van der Waals surface area contributed by atoms with Crippen LogP contribution in [0, 0.1) is 0 Å². The number of rotatable bonds is 16. The largest absolute Gasteiger partial charge is 0.465 e. The molecule has 0 unspecified atom stereocenters. The Labute approximate surface area is 143 Å². The third-order valence-corrected chi connectivity index (χ3v) is 3.93. The van der Waals surface area contributed by atoms with Crippen LogP contribution in [0.1, 0.15) is 90.4 Å². The fourth-order valence-corrected chi connectivity index (χ4v) is 2.49. The molecule has 0 aromatic rings. The molecule has 0 bridgehead atoms. The summed E-state index contributed by atoms with van der Waals surface area (Å²) < 4.78 is 4.98. The number of allylic oxidation sites excluding steroid dienone is 2. The van der Waals surface area contributed by atoms with Crippen LogP contribution in [-0.4, -0.2) is 18.3 Å². The van der Waals surface area contributed by atoms with Crippen molar-refractivity contribution in [2.75, 3.05) is 12.4 Å². The van der Waals surface area contributed by atoms with Crippen molar-refractivity contribution in [3.05, 3.63) is 12.2 Å². The van der Waals surface area contributed by atoms with Crippen molar-refractivity contribution in [3.63, 3.8) is 0 Å². The van der Waals surface area contributed by atoms with Gasteiger partial charge in [-0.2, -0.15) is 12.6 Å². The molecule has 0 aliphatic carbocycles. The average Bonchev–Trinajstić information content (AvgIpc) is 2.53. The molecular weight excluding hydrogens is 292 g/mol. The Bertz CT molecular complexity index is 264. The third-order valence-electron chi connectivity index (χ3n) is 3.75. The predicted octanol–water partition coefficient (Wildman–Crippen LogP) is 6.11. The minimum atomic E-state index is -0.0732. The molecule has 0 saturated heterocycles. The molecule has 0 rings (SSSR count). The molecule has 0 aliphatic rings. The highest BCUT2D eigenvalue weighted by Crippen LogP contribution is 2.09. The van der Waals surface area contributed by atoms with Crippen molar-refractivity contribution in [3.8, 4) is 0 Å². The third kappa shape index (κ3) is 17.6. The van der Waals surface area contributed by atoms with Gasteiger partial charge in [0, 0.05) is 12.2 Å². The summed E-state index contributed by atoms with van der Waals surface area (Å²) >= 11 is 4.01. The van der Waals surface area contributed by atoms with Crippen molar-refractivity contribution in [1.29, 1.82) is 0 Å². The highest BCUT2D eigenvalue weighted by Gasteiger charge is 2.01. The second-order valence-electron chi connectivity index (χ2n) is 5.92. The number of unbranched alkanes of at least 4 members (excludes halogenated alkanes) is 10. The van der Waals surface area contributed by atoms with E-state index in [1.807, 2.05) is 0 Å². The molecule has 0 spiro atoms. The van der Waals surface area contributed by atoms with Gasteiger partial charge in [-0.05, 0) is 32.1 Å². The van der Waals surface area contributed by atoms with E-state index in [9.17, 15) is 4.79 Å². The van der Waals surface area contributed by atoms with Gasteiger partial charge in [-0.3, -0.25) is 4.79 Å². The smallest absolute Gasteiger partial charge is 0.305 e. The lowest BCUT2D eigenvalue weighted by molar-refractivity contribution is -0.143. The van der Waals surface area contributed by atoms with Gasteiger partial charge in [-0.25, -0.2) is 0 Å². The van der Waals surface area contributed by atoms with Gasteiger partial charge in [0.15, 0.2) is 0 Å². The van der Waals surface area contributed by atoms with Gasteiger partial charge in [-0.15, -0.1) is 0 Å². The molecule has 0 aromatic heterocycles. The van der Waals surface area contributed by atoms with Gasteiger partial charge in [-0.1, -0.05) is 64.0 Å². The Morgan fingerprint density at radius 2 is 1.41 bits per heavy atom. The van der Waals surface area contributed by atoms with Gasteiger partial charge in [0.1, 0.15) is 6.61 Å². The first-order chi connectivity index (χ1) is 10.8. The van der Waals surface area contributed by atoms with Crippen LogP contribution in [0.3, 0.4) is 0 Å². The van der Waals surface area contributed by atoms with Crippen LogP contribution in [0.25, 0.3) is 0 Å². The monoisotopic (exact) mass is 328 g/mol. The Kier molecular flexibility index (Phi) is 18.2. The van der Waals surface area contributed by atoms with E-state index in [0.717, 1.165) is 12.8 Å². The van der Waals surface area contributed by atoms with Crippen molar-refractivity contribution >= 4 is 18.6 Å². The zero-order chi connectivity index (χ0) is 16.3. The highest BCUT2D eigenvalue weighted by molar-refractivity contribution is 7.80. The lowest BCUT2D eigenvalue weighted by atomic mass is 10.1. The Morgan fingerprint density at radius 1 is 0.864 bits per heavy atom. The van der Waals surface area contributed by atoms with Gasteiger partial charge in [0.2, 0.25) is 0 Å². The van der Waals surface area contributed by atoms with Gasteiger partial charge in [0.05, 0.1) is 0 Å². The first-order valence-electron chi connectivity index (χ1n) is 9.22. The average molecular weight is 329 g/mol. The lowest BCUT2D eigenvalue weighted by Gasteiger charge is -2.02. The summed E-state index contributed by atoms with van der Waals surface area (Å²) in [5.74, 6) is 0.536. The normalized spacial score (nSPS) is 11.2. The number of carbonyl (C=O) groups excluding carboxylic acids is 1. The van der Waals surface area contributed by atoms with E-state index in [0.29, 0.717) is 18.8 Å². The number of thiol groups is 1. The van der Waals surface area contributed by atoms with Crippen LogP contribution in [0.15, 0.2) is 12.2 Å². The van der Waals surface area contributed by atoms with Crippen LogP contribution >= 0.6 is 12.6 Å². The molecule has 0 atom stereocenters. The van der Waals surface area contributed by atoms with Crippen molar-refractivity contribution in [1.82, 2.24) is 0 Å². The summed E-state index contributed by atoms with van der Waals surface area (Å²) in [7, 11) is 0. The van der Waals surface area contributed by atoms with Gasteiger partial charge in [0.25, 0.3) is 0 Å². The van der Waals surface area contributed by atoms with E-state index >= 15 is 0 Å². The second-order valence-corrected chi connectivity index (χ2v) is 6.37. The van der Waals surface area contributed by atoms with E-state index in [4.69, 9.17) is 4.74 Å². The molecule has 2 nitrogen and oxygen atoms in total. The standard InChI is InChI=1S/C19H36O2S/c1-2-3-4-5-6-7-8-9-10-11-12-13-14-15-16-19(20)21-17-18-22/h8-9,22H,2-7,10-18H2,1H3/b9-8+. The summed E-state index contributed by atoms with van der Waals surface area (Å²) in [5, 5.41) is 0. The van der Waals surface area contributed by atoms with E-state index in [1.165, 1.54) is 64.2 Å². The molecule has 3 heteroatoms. The zero-order valence-corrected chi connectivity index (χ0v) is 15.4. The van der Waals surface area contributed by atoms with E-state index in [2.05, 4.69) is 31.7 Å². The summed E-state index contributed by atoms with van der Waals surface area (Å²) in [5.41, 5.74) is 0. The molecule has 0 saturated carbocycles. The van der Waals surface area contributed by atoms with Crippen LogP contribution in [0.4, 0.5) is 0 Å². The number of ether oxygens (including phenoxy) is 1. The molecule has 130 valence electrons. The minimum absolute atomic E-state index is 0.0732. The first-order valence-corrected chi connectivity index (χ1v) is 9.86. The number of carbonyl (C=O) groups is 1. The molecule has 0 N–H and O–H groups in total. The first kappa shape index (κ1) is 21.6. The topological polar surface area (TPSA) is 26.3 Å². The molecule has 22 heavy (non-hydrogen) atoms. The van der Waals surface area contributed by atoms with Crippen LogP contribution < -0.4 is 0 Å². The Morgan fingerprint density at radius 3 is 2.00 bits per heavy atom. The molecule has 0 amide bonds. The number of hydrogen-bond donors (Lipinski definition) is 1. The van der Waals surface area contributed by atoms with E-state index < -0.39 is 0 Å². The van der Waals surface area contributed by atoms with E-state index in [1.54, 1.807) is 0 Å². The minimum Gasteiger partial charge on any atom is -0.465 e. The van der Waals surface area contributed by atoms with Crippen molar-refractivity contribution in [2.24, 2.45) is 0 Å². The van der Waals surface area contributed by atoms with Crippen molar-refractivity contribution in [2.45, 2.75) is 90.4 Å². The SMILES string of the molecule is CCCCCCC/C=C/CCCCCCCC(=O)OCCS. The summed E-state index contributed by atoms with van der Waals surface area (Å²) in [6.07, 6.45) is 20.4. The molecule has 0 aliphatic heterocycles. The maximum absolute atomic E-state index is 11.3. The maximum atomic E-state index is 11.3. The van der Waals surface area contributed by atoms with Crippen LogP contribution in [-0.2, 0) is 9.53 Å². The fourth-order valence-electron chi connectivity index (χ4n) is 2.39. The number of esters is 1. The predicted molar refractivity (Wildman–Crippen MR) is 99.6 cm³/mol. The van der Waals surface area contributed by atoms with Crippen LogP contribution in [0.2, 0.25) is 0 Å². The quantitative estimate of drug-likeness (QED) is 0.160. The maximum Gasteiger partial charge on any atom is 0.305 e. The number of hydrogen-bond acceptors (Lipinski definition) is 3. The molecule has 0 heterocycles. The highest BCUT2D eigenvalue weighted by atomic mass is 32.1. The summed E-state index contributed by atoms with van der Waals surface area (Å²) in [4.78, 5) is 11.3. The molecule has 0 radical (unpaired) electrons. The van der Waals surface area contributed by atoms with E-state index in [-0.39, 0.29) is 5.97 Å². The second kappa shape index (κ2) is 18.6. The Balaban J connectivity index is 3.15. The molecule has 0 fully saturated rings. The summed E-state index contributed by atoms with van der Waals surface area (Å²) in [6.45, 7) is 2.70. The molecular formula is C19H36O2S. The van der Waals surface area contributed by atoms with Crippen LogP contribution in [0.5, 0.6) is 0 Å². The van der Waals surface area contributed by atoms with Crippen molar-refractivity contribution < 1.29 is 9.53 Å². The van der Waals surface area contributed by atoms with Gasteiger partial charge >= 0.3 is 5.97 Å². The Hall–Kier alpha value is -0.440. The molecule has 0 aromatic carbocycles. The summed E-state index contributed by atoms with van der Waals surface area (Å²) in [6, 6.07) is 0. The zero-order valence-electron chi connectivity index (χ0n) is 14.5. The fraction of sp³-hybridized carbons (Fsp3) is 0.842. The van der Waals surface area contributed by atoms with Gasteiger partial charge < -0.3 is 4.74 Å². The lowest BCUT2D eigenvalue weighted by Crippen LogP contribution is -2.06.